The summed E-state index contributed by atoms with van der Waals surface area (Å²) in [5.74, 6) is 1.45. The third-order valence-corrected chi connectivity index (χ3v) is 3.73. The first-order valence-electron chi connectivity index (χ1n) is 6.80. The van der Waals surface area contributed by atoms with E-state index in [1.165, 1.54) is 11.1 Å². The summed E-state index contributed by atoms with van der Waals surface area (Å²) in [5.41, 5.74) is 4.12. The fourth-order valence-corrected chi connectivity index (χ4v) is 2.36. The van der Waals surface area contributed by atoms with E-state index in [0.717, 1.165) is 16.9 Å². The predicted molar refractivity (Wildman–Crippen MR) is 77.4 cm³/mol. The van der Waals surface area contributed by atoms with Crippen LogP contribution in [0.4, 0.5) is 0 Å². The normalized spacial score (nSPS) is 14.9. The molecular weight excluding hydrogens is 252 g/mol. The minimum absolute atomic E-state index is 0.552. The van der Waals surface area contributed by atoms with Crippen molar-refractivity contribution >= 4 is 0 Å². The maximum absolute atomic E-state index is 10.5. The van der Waals surface area contributed by atoms with Crippen molar-refractivity contribution in [3.63, 3.8) is 0 Å². The van der Waals surface area contributed by atoms with E-state index in [0.29, 0.717) is 19.0 Å². The molecule has 0 saturated heterocycles. The van der Waals surface area contributed by atoms with Gasteiger partial charge in [-0.1, -0.05) is 24.3 Å². The van der Waals surface area contributed by atoms with Gasteiger partial charge in [-0.3, -0.25) is 0 Å². The molecule has 0 aliphatic carbocycles. The van der Waals surface area contributed by atoms with Gasteiger partial charge in [-0.2, -0.15) is 0 Å². The van der Waals surface area contributed by atoms with Gasteiger partial charge in [-0.25, -0.2) is 0 Å². The average Bonchev–Trinajstić information content (AvgIpc) is 2.49. The molecule has 0 saturated carbocycles. The topological polar surface area (TPSA) is 38.7 Å². The number of hydrogen-bond donors (Lipinski definition) is 1. The fourth-order valence-electron chi connectivity index (χ4n) is 2.36. The zero-order chi connectivity index (χ0) is 14.1. The molecule has 1 N–H and O–H groups in total. The highest BCUT2D eigenvalue weighted by Crippen LogP contribution is 2.34. The summed E-state index contributed by atoms with van der Waals surface area (Å²) in [6.07, 6.45) is -0.648. The summed E-state index contributed by atoms with van der Waals surface area (Å²) in [4.78, 5) is 0. The highest BCUT2D eigenvalue weighted by Gasteiger charge is 2.16. The molecule has 1 aliphatic rings. The summed E-state index contributed by atoms with van der Waals surface area (Å²) in [6.45, 7) is 5.24. The summed E-state index contributed by atoms with van der Waals surface area (Å²) in [7, 11) is 0. The second kappa shape index (κ2) is 5.17. The molecule has 0 radical (unpaired) electrons. The van der Waals surface area contributed by atoms with E-state index < -0.39 is 6.10 Å². The number of rotatable bonds is 2. The maximum Gasteiger partial charge on any atom is 0.161 e. The molecule has 0 bridgehead atoms. The SMILES string of the molecule is Cc1ccc(C(O)c2ccc3c(c2)OCCO3)cc1C. The highest BCUT2D eigenvalue weighted by molar-refractivity contribution is 5.46. The van der Waals surface area contributed by atoms with Gasteiger partial charge in [0.05, 0.1) is 0 Å². The molecule has 1 heterocycles. The lowest BCUT2D eigenvalue weighted by atomic mass is 9.97. The predicted octanol–water partition coefficient (Wildman–Crippen LogP) is 3.16. The molecule has 1 aliphatic heterocycles. The number of aryl methyl sites for hydroxylation is 2. The van der Waals surface area contributed by atoms with Crippen LogP contribution in [-0.4, -0.2) is 18.3 Å². The quantitative estimate of drug-likeness (QED) is 0.911. The van der Waals surface area contributed by atoms with Crippen LogP contribution < -0.4 is 9.47 Å². The van der Waals surface area contributed by atoms with Crippen molar-refractivity contribution in [2.45, 2.75) is 20.0 Å². The van der Waals surface area contributed by atoms with E-state index in [-0.39, 0.29) is 0 Å². The lowest BCUT2D eigenvalue weighted by Crippen LogP contribution is -2.15. The molecule has 3 heteroatoms. The zero-order valence-electron chi connectivity index (χ0n) is 11.7. The van der Waals surface area contributed by atoms with Crippen molar-refractivity contribution in [1.82, 2.24) is 0 Å². The van der Waals surface area contributed by atoms with Gasteiger partial charge in [0.2, 0.25) is 0 Å². The third kappa shape index (κ3) is 2.37. The lowest BCUT2D eigenvalue weighted by molar-refractivity contribution is 0.169. The Morgan fingerprint density at radius 2 is 1.50 bits per heavy atom. The summed E-state index contributed by atoms with van der Waals surface area (Å²) in [6, 6.07) is 11.6. The monoisotopic (exact) mass is 270 g/mol. The van der Waals surface area contributed by atoms with Crippen molar-refractivity contribution in [2.24, 2.45) is 0 Å². The van der Waals surface area contributed by atoms with Crippen molar-refractivity contribution in [2.75, 3.05) is 13.2 Å². The van der Waals surface area contributed by atoms with Crippen LogP contribution in [0.5, 0.6) is 11.5 Å². The molecule has 0 spiro atoms. The molecular formula is C17H18O3. The van der Waals surface area contributed by atoms with Crippen molar-refractivity contribution in [3.8, 4) is 11.5 Å². The molecule has 2 aromatic carbocycles. The largest absolute Gasteiger partial charge is 0.486 e. The first kappa shape index (κ1) is 13.0. The van der Waals surface area contributed by atoms with Gasteiger partial charge >= 0.3 is 0 Å². The van der Waals surface area contributed by atoms with E-state index >= 15 is 0 Å². The minimum atomic E-state index is -0.648. The smallest absolute Gasteiger partial charge is 0.161 e. The van der Waals surface area contributed by atoms with Crippen LogP contribution in [0, 0.1) is 13.8 Å². The number of fused-ring (bicyclic) bond motifs is 1. The number of ether oxygens (including phenoxy) is 2. The lowest BCUT2D eigenvalue weighted by Gasteiger charge is -2.20. The average molecular weight is 270 g/mol. The Balaban J connectivity index is 1.93. The number of aliphatic hydroxyl groups excluding tert-OH is 1. The van der Waals surface area contributed by atoms with Crippen LogP contribution in [0.1, 0.15) is 28.4 Å². The van der Waals surface area contributed by atoms with Crippen LogP contribution in [-0.2, 0) is 0 Å². The third-order valence-electron chi connectivity index (χ3n) is 3.73. The van der Waals surface area contributed by atoms with Crippen LogP contribution >= 0.6 is 0 Å². The number of hydrogen-bond acceptors (Lipinski definition) is 3. The van der Waals surface area contributed by atoms with Crippen LogP contribution in [0.2, 0.25) is 0 Å². The van der Waals surface area contributed by atoms with Crippen molar-refractivity contribution in [3.05, 3.63) is 58.7 Å². The molecule has 3 nitrogen and oxygen atoms in total. The van der Waals surface area contributed by atoms with Gasteiger partial charge in [-0.05, 0) is 48.2 Å². The van der Waals surface area contributed by atoms with E-state index in [9.17, 15) is 5.11 Å². The first-order valence-corrected chi connectivity index (χ1v) is 6.80. The van der Waals surface area contributed by atoms with Gasteiger partial charge in [0.25, 0.3) is 0 Å². The van der Waals surface area contributed by atoms with Crippen molar-refractivity contribution < 1.29 is 14.6 Å². The van der Waals surface area contributed by atoms with Gasteiger partial charge in [-0.15, -0.1) is 0 Å². The van der Waals surface area contributed by atoms with E-state index in [1.807, 2.05) is 36.4 Å². The second-order valence-electron chi connectivity index (χ2n) is 5.15. The fraction of sp³-hybridized carbons (Fsp3) is 0.294. The molecule has 20 heavy (non-hydrogen) atoms. The molecule has 0 amide bonds. The highest BCUT2D eigenvalue weighted by atomic mass is 16.6. The molecule has 1 atom stereocenters. The van der Waals surface area contributed by atoms with Gasteiger partial charge < -0.3 is 14.6 Å². The summed E-state index contributed by atoms with van der Waals surface area (Å²) in [5, 5.41) is 10.5. The zero-order valence-corrected chi connectivity index (χ0v) is 11.7. The molecule has 0 fully saturated rings. The number of aliphatic hydroxyl groups is 1. The van der Waals surface area contributed by atoms with Gasteiger partial charge in [0, 0.05) is 0 Å². The van der Waals surface area contributed by atoms with Crippen LogP contribution in [0.15, 0.2) is 36.4 Å². The Morgan fingerprint density at radius 1 is 0.850 bits per heavy atom. The van der Waals surface area contributed by atoms with E-state index in [1.54, 1.807) is 0 Å². The Hall–Kier alpha value is -2.00. The molecule has 104 valence electrons. The number of benzene rings is 2. The van der Waals surface area contributed by atoms with E-state index in [2.05, 4.69) is 13.8 Å². The molecule has 1 unspecified atom stereocenters. The molecule has 3 rings (SSSR count). The maximum atomic E-state index is 10.5. The van der Waals surface area contributed by atoms with Gasteiger partial charge in [0.15, 0.2) is 11.5 Å². The van der Waals surface area contributed by atoms with Crippen LogP contribution in [0.25, 0.3) is 0 Å². The molecule has 2 aromatic rings. The first-order chi connectivity index (χ1) is 9.65. The van der Waals surface area contributed by atoms with E-state index in [4.69, 9.17) is 9.47 Å². The Labute approximate surface area is 118 Å². The van der Waals surface area contributed by atoms with Crippen molar-refractivity contribution in [1.29, 1.82) is 0 Å². The van der Waals surface area contributed by atoms with Crippen LogP contribution in [0.3, 0.4) is 0 Å². The Kier molecular flexibility index (Phi) is 3.36. The Morgan fingerprint density at radius 3 is 2.25 bits per heavy atom. The standard InChI is InChI=1S/C17H18O3/c1-11-3-4-13(9-12(11)2)17(18)14-5-6-15-16(10-14)20-8-7-19-15/h3-6,9-10,17-18H,7-8H2,1-2H3. The summed E-state index contributed by atoms with van der Waals surface area (Å²) >= 11 is 0. The van der Waals surface area contributed by atoms with Gasteiger partial charge in [0.1, 0.15) is 19.3 Å². The second-order valence-corrected chi connectivity index (χ2v) is 5.15. The Bertz CT molecular complexity index is 634. The minimum Gasteiger partial charge on any atom is -0.486 e. The summed E-state index contributed by atoms with van der Waals surface area (Å²) < 4.78 is 11.0. The molecule has 0 aromatic heterocycles.